The maximum Gasteiger partial charge on any atom is 0.0528 e. The van der Waals surface area contributed by atoms with E-state index in [2.05, 4.69) is 162 Å². The fraction of sp³-hybridized carbons (Fsp3) is 0.282. The van der Waals surface area contributed by atoms with Gasteiger partial charge in [0.05, 0.1) is 11.0 Å². The molecule has 0 amide bonds. The summed E-state index contributed by atoms with van der Waals surface area (Å²) in [7, 11) is 0. The van der Waals surface area contributed by atoms with Crippen LogP contribution in [0.1, 0.15) is 77.6 Å². The highest BCUT2D eigenvalue weighted by Crippen LogP contribution is 2.50. The van der Waals surface area contributed by atoms with Crippen LogP contribution in [-0.4, -0.2) is 9.13 Å². The van der Waals surface area contributed by atoms with Crippen LogP contribution < -0.4 is 0 Å². The molecule has 0 atom stereocenters. The lowest BCUT2D eigenvalue weighted by Gasteiger charge is -2.23. The molecule has 1 aliphatic carbocycles. The molecule has 0 saturated carbocycles. The number of rotatable bonds is 2. The van der Waals surface area contributed by atoms with Gasteiger partial charge in [-0.15, -0.1) is 0 Å². The summed E-state index contributed by atoms with van der Waals surface area (Å²) in [5, 5.41) is 2.58. The van der Waals surface area contributed by atoms with Gasteiger partial charge in [0.15, 0.2) is 0 Å². The van der Waals surface area contributed by atoms with Gasteiger partial charge in [-0.25, -0.2) is 0 Å². The van der Waals surface area contributed by atoms with Crippen LogP contribution in [0.15, 0.2) is 97.3 Å². The molecule has 1 aliphatic rings. The molecule has 0 N–H and O–H groups in total. The summed E-state index contributed by atoms with van der Waals surface area (Å²) in [4.78, 5) is 0. The molecule has 2 nitrogen and oxygen atoms in total. The standard InChI is InChI=1S/C39H40N2/c1-37(2,3)27-9-15-35-25(21-27)17-19-40(35)29-11-13-31-32-14-12-30(24-34(32)39(7,8)33(31)23-29)41-20-18-26-22-28(38(4,5)6)10-16-36(26)41/h9-24H,1-8H3. The van der Waals surface area contributed by atoms with Crippen molar-refractivity contribution in [3.63, 3.8) is 0 Å². The van der Waals surface area contributed by atoms with Gasteiger partial charge in [0.1, 0.15) is 0 Å². The molecule has 0 spiro atoms. The van der Waals surface area contributed by atoms with Gasteiger partial charge >= 0.3 is 0 Å². The van der Waals surface area contributed by atoms with Gasteiger partial charge in [-0.1, -0.05) is 79.7 Å². The van der Waals surface area contributed by atoms with Crippen LogP contribution in [0.5, 0.6) is 0 Å². The number of benzene rings is 4. The van der Waals surface area contributed by atoms with Gasteiger partial charge < -0.3 is 9.13 Å². The van der Waals surface area contributed by atoms with Crippen molar-refractivity contribution in [1.29, 1.82) is 0 Å². The van der Waals surface area contributed by atoms with Crippen molar-refractivity contribution in [2.45, 2.75) is 71.6 Å². The lowest BCUT2D eigenvalue weighted by molar-refractivity contribution is 0.591. The van der Waals surface area contributed by atoms with Gasteiger partial charge in [0.25, 0.3) is 0 Å². The predicted octanol–water partition coefficient (Wildman–Crippen LogP) is 10.5. The summed E-state index contributed by atoms with van der Waals surface area (Å²) in [6, 6.07) is 32.3. The number of nitrogens with zero attached hydrogens (tertiary/aromatic N) is 2. The third-order valence-corrected chi connectivity index (χ3v) is 9.31. The van der Waals surface area contributed by atoms with E-state index in [1.807, 2.05) is 0 Å². The smallest absolute Gasteiger partial charge is 0.0528 e. The van der Waals surface area contributed by atoms with Crippen LogP contribution in [0.2, 0.25) is 0 Å². The van der Waals surface area contributed by atoms with Gasteiger partial charge in [-0.3, -0.25) is 0 Å². The molecule has 4 aromatic carbocycles. The lowest BCUT2D eigenvalue weighted by Crippen LogP contribution is -2.16. The first-order valence-electron chi connectivity index (χ1n) is 14.9. The maximum absolute atomic E-state index is 2.41. The van der Waals surface area contributed by atoms with Gasteiger partial charge in [-0.05, 0) is 105 Å². The zero-order valence-corrected chi connectivity index (χ0v) is 25.6. The van der Waals surface area contributed by atoms with Crippen molar-refractivity contribution < 1.29 is 0 Å². The van der Waals surface area contributed by atoms with E-state index in [-0.39, 0.29) is 16.2 Å². The Labute approximate surface area is 244 Å². The Hall–Kier alpha value is -4.04. The minimum Gasteiger partial charge on any atom is -0.317 e. The SMILES string of the molecule is CC(C)(C)c1ccc2c(ccn2-c2ccc3c(c2)C(C)(C)c2cc(-n4ccc5cc(C(C)(C)C)ccc54)ccc2-3)c1. The average Bonchev–Trinajstić information content (AvgIpc) is 3.60. The first-order valence-corrected chi connectivity index (χ1v) is 14.9. The normalized spacial score (nSPS) is 14.5. The van der Waals surface area contributed by atoms with E-state index in [1.54, 1.807) is 0 Å². The molecule has 0 saturated heterocycles. The number of hydrogen-bond acceptors (Lipinski definition) is 0. The Balaban J connectivity index is 1.28. The highest BCUT2D eigenvalue weighted by molar-refractivity contribution is 5.87. The monoisotopic (exact) mass is 536 g/mol. The second-order valence-electron chi connectivity index (χ2n) is 14.5. The molecule has 41 heavy (non-hydrogen) atoms. The van der Waals surface area contributed by atoms with Crippen molar-refractivity contribution >= 4 is 21.8 Å². The molecule has 2 aromatic heterocycles. The van der Waals surface area contributed by atoms with E-state index in [1.165, 1.54) is 66.6 Å². The number of hydrogen-bond donors (Lipinski definition) is 0. The first kappa shape index (κ1) is 25.9. The summed E-state index contributed by atoms with van der Waals surface area (Å²) < 4.78 is 4.68. The molecular formula is C39H40N2. The molecule has 206 valence electrons. The third kappa shape index (κ3) is 3.99. The second kappa shape index (κ2) is 8.49. The lowest BCUT2D eigenvalue weighted by atomic mass is 9.82. The van der Waals surface area contributed by atoms with Crippen LogP contribution in [0.3, 0.4) is 0 Å². The molecule has 0 unspecified atom stereocenters. The highest BCUT2D eigenvalue weighted by atomic mass is 15.0. The summed E-state index contributed by atoms with van der Waals surface area (Å²) >= 11 is 0. The van der Waals surface area contributed by atoms with E-state index in [0.29, 0.717) is 0 Å². The highest BCUT2D eigenvalue weighted by Gasteiger charge is 2.36. The zero-order chi connectivity index (χ0) is 28.9. The molecule has 6 aromatic rings. The maximum atomic E-state index is 2.41. The molecule has 0 fully saturated rings. The second-order valence-corrected chi connectivity index (χ2v) is 14.5. The Morgan fingerprint density at radius 2 is 0.902 bits per heavy atom. The van der Waals surface area contributed by atoms with Crippen molar-refractivity contribution in [3.8, 4) is 22.5 Å². The number of aromatic nitrogens is 2. The van der Waals surface area contributed by atoms with Crippen LogP contribution in [0.4, 0.5) is 0 Å². The van der Waals surface area contributed by atoms with E-state index in [4.69, 9.17) is 0 Å². The number of fused-ring (bicyclic) bond motifs is 5. The Kier molecular flexibility index (Phi) is 5.36. The summed E-state index contributed by atoms with van der Waals surface area (Å²) in [6.07, 6.45) is 4.43. The van der Waals surface area contributed by atoms with Gasteiger partial charge in [0, 0.05) is 40.0 Å². The minimum absolute atomic E-state index is 0.0958. The fourth-order valence-corrected chi connectivity index (χ4v) is 6.68. The minimum atomic E-state index is -0.0958. The summed E-state index contributed by atoms with van der Waals surface area (Å²) in [5.41, 5.74) is 13.3. The summed E-state index contributed by atoms with van der Waals surface area (Å²) in [6.45, 7) is 18.4. The van der Waals surface area contributed by atoms with E-state index in [0.717, 1.165) is 0 Å². The zero-order valence-electron chi connectivity index (χ0n) is 25.6. The fourth-order valence-electron chi connectivity index (χ4n) is 6.68. The van der Waals surface area contributed by atoms with E-state index < -0.39 is 0 Å². The van der Waals surface area contributed by atoms with Gasteiger partial charge in [0.2, 0.25) is 0 Å². The molecule has 0 radical (unpaired) electrons. The van der Waals surface area contributed by atoms with Crippen LogP contribution in [0.25, 0.3) is 44.3 Å². The largest absolute Gasteiger partial charge is 0.317 e. The molecule has 0 bridgehead atoms. The topological polar surface area (TPSA) is 9.86 Å². The molecule has 0 aliphatic heterocycles. The average molecular weight is 537 g/mol. The Morgan fingerprint density at radius 1 is 0.488 bits per heavy atom. The van der Waals surface area contributed by atoms with Crippen LogP contribution in [-0.2, 0) is 16.2 Å². The summed E-state index contributed by atoms with van der Waals surface area (Å²) in [5.74, 6) is 0. The molecule has 2 heterocycles. The Morgan fingerprint density at radius 3 is 1.29 bits per heavy atom. The van der Waals surface area contributed by atoms with Crippen molar-refractivity contribution in [1.82, 2.24) is 9.13 Å². The van der Waals surface area contributed by atoms with Crippen LogP contribution in [0, 0.1) is 0 Å². The van der Waals surface area contributed by atoms with Gasteiger partial charge in [-0.2, -0.15) is 0 Å². The predicted molar refractivity (Wildman–Crippen MR) is 175 cm³/mol. The van der Waals surface area contributed by atoms with Crippen molar-refractivity contribution in [2.24, 2.45) is 0 Å². The molecule has 7 rings (SSSR count). The van der Waals surface area contributed by atoms with Crippen molar-refractivity contribution in [2.75, 3.05) is 0 Å². The molecular weight excluding hydrogens is 496 g/mol. The van der Waals surface area contributed by atoms with E-state index in [9.17, 15) is 0 Å². The van der Waals surface area contributed by atoms with Crippen molar-refractivity contribution in [3.05, 3.63) is 120 Å². The Bertz CT molecular complexity index is 1840. The quantitative estimate of drug-likeness (QED) is 0.208. The molecule has 2 heteroatoms. The van der Waals surface area contributed by atoms with Crippen LogP contribution >= 0.6 is 0 Å². The first-order chi connectivity index (χ1) is 19.3. The third-order valence-electron chi connectivity index (χ3n) is 9.31. The van der Waals surface area contributed by atoms with E-state index >= 15 is 0 Å².